The number of carbonyl (C=O) groups is 3. The molecule has 2 amide bonds. The van der Waals surface area contributed by atoms with E-state index in [1.54, 1.807) is 0 Å². The molecule has 1 rings (SSSR count). The van der Waals surface area contributed by atoms with Crippen LogP contribution >= 0.6 is 0 Å². The highest BCUT2D eigenvalue weighted by Crippen LogP contribution is 2.19. The topological polar surface area (TPSA) is 75.7 Å². The molecule has 1 aliphatic rings. The van der Waals surface area contributed by atoms with Crippen molar-refractivity contribution in [2.75, 3.05) is 26.2 Å². The molecule has 0 saturated carbocycles. The summed E-state index contributed by atoms with van der Waals surface area (Å²) in [5.74, 6) is -0.0309. The predicted molar refractivity (Wildman–Crippen MR) is 83.1 cm³/mol. The summed E-state index contributed by atoms with van der Waals surface area (Å²) in [4.78, 5) is 36.3. The fourth-order valence-electron chi connectivity index (χ4n) is 2.63. The summed E-state index contributed by atoms with van der Waals surface area (Å²) in [6, 6.07) is 0. The Balaban J connectivity index is 2.12. The van der Waals surface area contributed by atoms with Gasteiger partial charge in [-0.05, 0) is 32.6 Å². The first-order valence-corrected chi connectivity index (χ1v) is 8.23. The molecule has 0 atom stereocenters. The third-order valence-corrected chi connectivity index (χ3v) is 3.91. The second-order valence-electron chi connectivity index (χ2n) is 5.70. The van der Waals surface area contributed by atoms with Gasteiger partial charge >= 0.3 is 5.97 Å². The van der Waals surface area contributed by atoms with Gasteiger partial charge in [-0.25, -0.2) is 0 Å². The molecule has 0 spiro atoms. The lowest BCUT2D eigenvalue weighted by atomic mass is 9.96. The average molecular weight is 312 g/mol. The maximum absolute atomic E-state index is 12.1. The maximum atomic E-state index is 12.1. The molecule has 22 heavy (non-hydrogen) atoms. The summed E-state index contributed by atoms with van der Waals surface area (Å²) in [6.07, 6.45) is 4.63. The standard InChI is InChI=1S/C16H28N2O4/c1-3-22-16(21)14-8-11-18(12-9-14)15(20)7-5-4-6-10-17-13(2)19/h14H,3-12H2,1-2H3,(H,17,19). The number of hydrogen-bond donors (Lipinski definition) is 1. The van der Waals surface area contributed by atoms with E-state index in [0.717, 1.165) is 19.3 Å². The molecule has 6 nitrogen and oxygen atoms in total. The van der Waals surface area contributed by atoms with Crippen LogP contribution in [0.15, 0.2) is 0 Å². The number of carbonyl (C=O) groups excluding carboxylic acids is 3. The van der Waals surface area contributed by atoms with Crippen molar-refractivity contribution < 1.29 is 19.1 Å². The molecule has 126 valence electrons. The van der Waals surface area contributed by atoms with Crippen molar-refractivity contribution in [3.05, 3.63) is 0 Å². The number of likely N-dealkylation sites (tertiary alicyclic amines) is 1. The quantitative estimate of drug-likeness (QED) is 0.544. The van der Waals surface area contributed by atoms with Crippen LogP contribution in [0.3, 0.4) is 0 Å². The largest absolute Gasteiger partial charge is 0.466 e. The Morgan fingerprint density at radius 1 is 1.14 bits per heavy atom. The monoisotopic (exact) mass is 312 g/mol. The van der Waals surface area contributed by atoms with E-state index >= 15 is 0 Å². The minimum absolute atomic E-state index is 0.0134. The summed E-state index contributed by atoms with van der Waals surface area (Å²) >= 11 is 0. The molecule has 1 aliphatic heterocycles. The van der Waals surface area contributed by atoms with Gasteiger partial charge in [-0.15, -0.1) is 0 Å². The van der Waals surface area contributed by atoms with Crippen LogP contribution in [0, 0.1) is 5.92 Å². The van der Waals surface area contributed by atoms with Gasteiger partial charge in [0.05, 0.1) is 12.5 Å². The third kappa shape index (κ3) is 6.91. The van der Waals surface area contributed by atoms with Gasteiger partial charge in [-0.1, -0.05) is 6.42 Å². The summed E-state index contributed by atoms with van der Waals surface area (Å²) in [5.41, 5.74) is 0. The number of ether oxygens (including phenoxy) is 1. The third-order valence-electron chi connectivity index (χ3n) is 3.91. The number of nitrogens with zero attached hydrogens (tertiary/aromatic N) is 1. The van der Waals surface area contributed by atoms with E-state index in [2.05, 4.69) is 5.32 Å². The highest BCUT2D eigenvalue weighted by Gasteiger charge is 2.27. The van der Waals surface area contributed by atoms with Gasteiger partial charge in [-0.2, -0.15) is 0 Å². The van der Waals surface area contributed by atoms with Crippen LogP contribution in [0.2, 0.25) is 0 Å². The zero-order valence-corrected chi connectivity index (χ0v) is 13.7. The number of rotatable bonds is 8. The smallest absolute Gasteiger partial charge is 0.309 e. The number of hydrogen-bond acceptors (Lipinski definition) is 4. The molecule has 0 radical (unpaired) electrons. The molecule has 0 unspecified atom stereocenters. The second kappa shape index (κ2) is 10.2. The fourth-order valence-corrected chi connectivity index (χ4v) is 2.63. The van der Waals surface area contributed by atoms with Crippen molar-refractivity contribution in [1.29, 1.82) is 0 Å². The highest BCUT2D eigenvalue weighted by molar-refractivity contribution is 5.77. The van der Waals surface area contributed by atoms with Crippen molar-refractivity contribution in [3.63, 3.8) is 0 Å². The first kappa shape index (κ1) is 18.5. The van der Waals surface area contributed by atoms with E-state index in [1.165, 1.54) is 6.92 Å². The molecule has 1 fully saturated rings. The molecule has 1 saturated heterocycles. The average Bonchev–Trinajstić information content (AvgIpc) is 2.50. The minimum Gasteiger partial charge on any atom is -0.466 e. The molecule has 0 aromatic carbocycles. The Hall–Kier alpha value is -1.59. The van der Waals surface area contributed by atoms with E-state index in [0.29, 0.717) is 45.5 Å². The van der Waals surface area contributed by atoms with Gasteiger partial charge in [0.2, 0.25) is 11.8 Å². The summed E-state index contributed by atoms with van der Waals surface area (Å²) < 4.78 is 5.02. The molecule has 0 aromatic rings. The molecule has 0 bridgehead atoms. The van der Waals surface area contributed by atoms with E-state index in [9.17, 15) is 14.4 Å². The van der Waals surface area contributed by atoms with Crippen LogP contribution in [0.4, 0.5) is 0 Å². The molecule has 1 heterocycles. The van der Waals surface area contributed by atoms with Crippen molar-refractivity contribution in [2.24, 2.45) is 5.92 Å². The summed E-state index contributed by atoms with van der Waals surface area (Å²) in [5, 5.41) is 2.74. The van der Waals surface area contributed by atoms with Crippen molar-refractivity contribution in [2.45, 2.75) is 52.4 Å². The second-order valence-corrected chi connectivity index (χ2v) is 5.70. The van der Waals surface area contributed by atoms with Crippen LogP contribution < -0.4 is 5.32 Å². The number of piperidine rings is 1. The Morgan fingerprint density at radius 3 is 2.41 bits per heavy atom. The number of nitrogens with one attached hydrogen (secondary N) is 1. The normalized spacial score (nSPS) is 15.5. The Morgan fingerprint density at radius 2 is 1.82 bits per heavy atom. The molecular weight excluding hydrogens is 284 g/mol. The number of amides is 2. The molecule has 1 N–H and O–H groups in total. The van der Waals surface area contributed by atoms with Crippen molar-refractivity contribution in [1.82, 2.24) is 10.2 Å². The Labute approximate surface area is 132 Å². The highest BCUT2D eigenvalue weighted by atomic mass is 16.5. The zero-order chi connectivity index (χ0) is 16.4. The number of unbranched alkanes of at least 4 members (excludes halogenated alkanes) is 2. The van der Waals surface area contributed by atoms with E-state index in [4.69, 9.17) is 4.74 Å². The van der Waals surface area contributed by atoms with Gasteiger partial charge in [0.1, 0.15) is 0 Å². The Bertz CT molecular complexity index is 376. The van der Waals surface area contributed by atoms with E-state index in [-0.39, 0.29) is 23.7 Å². The van der Waals surface area contributed by atoms with Crippen LogP contribution in [0.5, 0.6) is 0 Å². The zero-order valence-electron chi connectivity index (χ0n) is 13.7. The predicted octanol–water partition coefficient (Wildman–Crippen LogP) is 1.48. The Kier molecular flexibility index (Phi) is 8.55. The first-order chi connectivity index (χ1) is 10.5. The lowest BCUT2D eigenvalue weighted by Gasteiger charge is -2.31. The van der Waals surface area contributed by atoms with E-state index in [1.807, 2.05) is 11.8 Å². The van der Waals surface area contributed by atoms with Gasteiger partial charge in [0, 0.05) is 33.0 Å². The van der Waals surface area contributed by atoms with Crippen molar-refractivity contribution in [3.8, 4) is 0 Å². The van der Waals surface area contributed by atoms with Gasteiger partial charge in [0.25, 0.3) is 0 Å². The van der Waals surface area contributed by atoms with Gasteiger partial charge < -0.3 is 15.0 Å². The van der Waals surface area contributed by atoms with Crippen LogP contribution in [-0.4, -0.2) is 48.9 Å². The van der Waals surface area contributed by atoms with Crippen molar-refractivity contribution >= 4 is 17.8 Å². The van der Waals surface area contributed by atoms with Gasteiger partial charge in [-0.3, -0.25) is 14.4 Å². The molecular formula is C16H28N2O4. The number of esters is 1. The summed E-state index contributed by atoms with van der Waals surface area (Å²) in [7, 11) is 0. The molecule has 0 aliphatic carbocycles. The fraction of sp³-hybridized carbons (Fsp3) is 0.812. The maximum Gasteiger partial charge on any atom is 0.309 e. The minimum atomic E-state index is -0.132. The van der Waals surface area contributed by atoms with E-state index < -0.39 is 0 Å². The van der Waals surface area contributed by atoms with Gasteiger partial charge in [0.15, 0.2) is 0 Å². The summed E-state index contributed by atoms with van der Waals surface area (Å²) in [6.45, 7) is 5.69. The molecule has 0 aromatic heterocycles. The lowest BCUT2D eigenvalue weighted by Crippen LogP contribution is -2.40. The van der Waals surface area contributed by atoms with Crippen LogP contribution in [0.25, 0.3) is 0 Å². The van der Waals surface area contributed by atoms with Crippen LogP contribution in [-0.2, 0) is 19.1 Å². The first-order valence-electron chi connectivity index (χ1n) is 8.23. The molecule has 6 heteroatoms. The lowest BCUT2D eigenvalue weighted by molar-refractivity contribution is -0.151. The van der Waals surface area contributed by atoms with Crippen LogP contribution in [0.1, 0.15) is 52.4 Å². The SMILES string of the molecule is CCOC(=O)C1CCN(C(=O)CCCCCNC(C)=O)CC1.